The molecule has 1 aliphatic heterocycles. The zero-order valence-corrected chi connectivity index (χ0v) is 16.8. The molecule has 154 valence electrons. The highest BCUT2D eigenvalue weighted by atomic mass is 16.5. The first kappa shape index (κ1) is 19.7. The first-order valence-electron chi connectivity index (χ1n) is 10.2. The molecule has 0 atom stereocenters. The van der Waals surface area contributed by atoms with E-state index in [0.29, 0.717) is 30.2 Å². The molecule has 0 saturated carbocycles. The number of amides is 1. The maximum atomic E-state index is 12.6. The molecule has 3 aromatic rings. The number of hydrogen-bond acceptors (Lipinski definition) is 6. The molecule has 0 spiro atoms. The fourth-order valence-electron chi connectivity index (χ4n) is 3.38. The minimum Gasteiger partial charge on any atom is -0.457 e. The van der Waals surface area contributed by atoms with Gasteiger partial charge < -0.3 is 20.3 Å². The monoisotopic (exact) mass is 403 g/mol. The molecule has 1 aromatic heterocycles. The van der Waals surface area contributed by atoms with Crippen molar-refractivity contribution in [2.24, 2.45) is 0 Å². The van der Waals surface area contributed by atoms with Gasteiger partial charge in [-0.05, 0) is 37.1 Å². The summed E-state index contributed by atoms with van der Waals surface area (Å²) in [5.41, 5.74) is 0.500. The van der Waals surface area contributed by atoms with Gasteiger partial charge in [0.05, 0.1) is 5.56 Å². The van der Waals surface area contributed by atoms with Crippen LogP contribution in [0.1, 0.15) is 23.2 Å². The van der Waals surface area contributed by atoms with Crippen molar-refractivity contribution < 1.29 is 9.53 Å². The Bertz CT molecular complexity index is 974. The Kier molecular flexibility index (Phi) is 6.39. The Morgan fingerprint density at radius 3 is 2.57 bits per heavy atom. The van der Waals surface area contributed by atoms with Gasteiger partial charge >= 0.3 is 0 Å². The SMILES string of the molecule is O=C(NCCNc1cc(N2CCCC2)ncn1)c1ccccc1Oc1ccccc1. The van der Waals surface area contributed by atoms with Crippen LogP contribution in [0, 0.1) is 0 Å². The summed E-state index contributed by atoms with van der Waals surface area (Å²) in [4.78, 5) is 23.5. The highest BCUT2D eigenvalue weighted by molar-refractivity contribution is 5.97. The van der Waals surface area contributed by atoms with Crippen molar-refractivity contribution in [2.45, 2.75) is 12.8 Å². The van der Waals surface area contributed by atoms with Crippen LogP contribution in [0.2, 0.25) is 0 Å². The second-order valence-corrected chi connectivity index (χ2v) is 7.05. The van der Waals surface area contributed by atoms with Crippen LogP contribution >= 0.6 is 0 Å². The molecule has 2 heterocycles. The maximum Gasteiger partial charge on any atom is 0.255 e. The van der Waals surface area contributed by atoms with E-state index >= 15 is 0 Å². The molecule has 2 N–H and O–H groups in total. The molecular formula is C23H25N5O2. The minimum atomic E-state index is -0.177. The third-order valence-corrected chi connectivity index (χ3v) is 4.90. The Balaban J connectivity index is 1.30. The van der Waals surface area contributed by atoms with Gasteiger partial charge in [-0.3, -0.25) is 4.79 Å². The van der Waals surface area contributed by atoms with Gasteiger partial charge in [-0.1, -0.05) is 30.3 Å². The zero-order valence-electron chi connectivity index (χ0n) is 16.8. The number of anilines is 2. The van der Waals surface area contributed by atoms with Crippen LogP contribution in [0.4, 0.5) is 11.6 Å². The molecule has 0 unspecified atom stereocenters. The Morgan fingerprint density at radius 2 is 1.73 bits per heavy atom. The van der Waals surface area contributed by atoms with E-state index in [0.717, 1.165) is 24.7 Å². The van der Waals surface area contributed by atoms with E-state index in [1.165, 1.54) is 12.8 Å². The Hall–Kier alpha value is -3.61. The third kappa shape index (κ3) is 5.05. The van der Waals surface area contributed by atoms with Gasteiger partial charge in [0.25, 0.3) is 5.91 Å². The molecule has 0 bridgehead atoms. The van der Waals surface area contributed by atoms with Crippen molar-refractivity contribution in [2.75, 3.05) is 36.4 Å². The van der Waals surface area contributed by atoms with E-state index in [9.17, 15) is 4.79 Å². The quantitative estimate of drug-likeness (QED) is 0.558. The predicted octanol–water partition coefficient (Wildman–Crippen LogP) is 3.71. The van der Waals surface area contributed by atoms with E-state index < -0.39 is 0 Å². The molecule has 30 heavy (non-hydrogen) atoms. The lowest BCUT2D eigenvalue weighted by molar-refractivity contribution is 0.0953. The van der Waals surface area contributed by atoms with Crippen LogP contribution in [0.15, 0.2) is 67.0 Å². The largest absolute Gasteiger partial charge is 0.457 e. The lowest BCUT2D eigenvalue weighted by Gasteiger charge is -2.16. The van der Waals surface area contributed by atoms with Crippen molar-refractivity contribution in [3.05, 3.63) is 72.6 Å². The fourth-order valence-corrected chi connectivity index (χ4v) is 3.38. The summed E-state index contributed by atoms with van der Waals surface area (Å²) < 4.78 is 5.87. The van der Waals surface area contributed by atoms with Crippen molar-refractivity contribution >= 4 is 17.5 Å². The van der Waals surface area contributed by atoms with Crippen LogP contribution in [-0.2, 0) is 0 Å². The van der Waals surface area contributed by atoms with Gasteiger partial charge in [-0.2, -0.15) is 0 Å². The number of carbonyl (C=O) groups is 1. The standard InChI is InChI=1S/C23H25N5O2/c29-23(19-10-4-5-11-20(19)30-18-8-2-1-3-9-18)25-13-12-24-21-16-22(27-17-26-21)28-14-6-7-15-28/h1-5,8-11,16-17H,6-7,12-15H2,(H,25,29)(H,24,26,27). The summed E-state index contributed by atoms with van der Waals surface area (Å²) in [5, 5.41) is 6.18. The van der Waals surface area contributed by atoms with E-state index in [4.69, 9.17) is 4.74 Å². The van der Waals surface area contributed by atoms with Crippen molar-refractivity contribution in [3.63, 3.8) is 0 Å². The Morgan fingerprint density at radius 1 is 0.967 bits per heavy atom. The second-order valence-electron chi connectivity index (χ2n) is 7.05. The zero-order chi connectivity index (χ0) is 20.6. The number of nitrogens with zero attached hydrogens (tertiary/aromatic N) is 3. The molecule has 0 radical (unpaired) electrons. The van der Waals surface area contributed by atoms with Crippen molar-refractivity contribution in [1.82, 2.24) is 15.3 Å². The van der Waals surface area contributed by atoms with Gasteiger partial charge in [0.15, 0.2) is 0 Å². The number of benzene rings is 2. The number of para-hydroxylation sites is 2. The van der Waals surface area contributed by atoms with E-state index in [1.807, 2.05) is 48.5 Å². The number of hydrogen-bond donors (Lipinski definition) is 2. The van der Waals surface area contributed by atoms with Gasteiger partial charge in [0.1, 0.15) is 29.5 Å². The molecule has 7 nitrogen and oxygen atoms in total. The number of aromatic nitrogens is 2. The minimum absolute atomic E-state index is 0.177. The lowest BCUT2D eigenvalue weighted by atomic mass is 10.2. The van der Waals surface area contributed by atoms with Crippen LogP contribution in [0.3, 0.4) is 0 Å². The first-order valence-corrected chi connectivity index (χ1v) is 10.2. The molecule has 1 aliphatic rings. The van der Waals surface area contributed by atoms with Gasteiger partial charge in [0, 0.05) is 32.2 Å². The summed E-state index contributed by atoms with van der Waals surface area (Å²) in [7, 11) is 0. The van der Waals surface area contributed by atoms with Crippen molar-refractivity contribution in [3.8, 4) is 11.5 Å². The summed E-state index contributed by atoms with van der Waals surface area (Å²) in [6.45, 7) is 3.10. The van der Waals surface area contributed by atoms with Gasteiger partial charge in [-0.15, -0.1) is 0 Å². The van der Waals surface area contributed by atoms with Gasteiger partial charge in [0.2, 0.25) is 0 Å². The lowest BCUT2D eigenvalue weighted by Crippen LogP contribution is -2.29. The first-order chi connectivity index (χ1) is 14.8. The summed E-state index contributed by atoms with van der Waals surface area (Å²) in [6.07, 6.45) is 3.98. The molecule has 1 fully saturated rings. The van der Waals surface area contributed by atoms with Crippen LogP contribution < -0.4 is 20.3 Å². The fraction of sp³-hybridized carbons (Fsp3) is 0.261. The molecule has 7 heteroatoms. The third-order valence-electron chi connectivity index (χ3n) is 4.90. The number of ether oxygens (including phenoxy) is 1. The number of nitrogens with one attached hydrogen (secondary N) is 2. The average Bonchev–Trinajstić information content (AvgIpc) is 3.33. The summed E-state index contributed by atoms with van der Waals surface area (Å²) >= 11 is 0. The summed E-state index contributed by atoms with van der Waals surface area (Å²) in [6, 6.07) is 18.6. The smallest absolute Gasteiger partial charge is 0.255 e. The summed E-state index contributed by atoms with van der Waals surface area (Å²) in [5.74, 6) is 2.75. The molecule has 1 amide bonds. The molecule has 1 saturated heterocycles. The average molecular weight is 403 g/mol. The van der Waals surface area contributed by atoms with Crippen LogP contribution in [0.5, 0.6) is 11.5 Å². The second kappa shape index (κ2) is 9.73. The van der Waals surface area contributed by atoms with Crippen LogP contribution in [-0.4, -0.2) is 42.1 Å². The van der Waals surface area contributed by atoms with E-state index in [1.54, 1.807) is 18.5 Å². The highest BCUT2D eigenvalue weighted by Gasteiger charge is 2.14. The van der Waals surface area contributed by atoms with E-state index in [2.05, 4.69) is 25.5 Å². The maximum absolute atomic E-state index is 12.6. The molecule has 2 aromatic carbocycles. The molecule has 4 rings (SSSR count). The number of carbonyl (C=O) groups excluding carboxylic acids is 1. The Labute approximate surface area is 176 Å². The topological polar surface area (TPSA) is 79.4 Å². The molecular weight excluding hydrogens is 378 g/mol. The van der Waals surface area contributed by atoms with Crippen molar-refractivity contribution in [1.29, 1.82) is 0 Å². The predicted molar refractivity (Wildman–Crippen MR) is 117 cm³/mol. The van der Waals surface area contributed by atoms with Gasteiger partial charge in [-0.25, -0.2) is 9.97 Å². The van der Waals surface area contributed by atoms with Crippen LogP contribution in [0.25, 0.3) is 0 Å². The number of rotatable bonds is 8. The molecule has 0 aliphatic carbocycles. The van der Waals surface area contributed by atoms with E-state index in [-0.39, 0.29) is 5.91 Å². The highest BCUT2D eigenvalue weighted by Crippen LogP contribution is 2.25. The normalized spacial score (nSPS) is 13.1.